The van der Waals surface area contributed by atoms with Crippen LogP contribution in [-0.2, 0) is 11.2 Å². The Morgan fingerprint density at radius 1 is 1.57 bits per heavy atom. The highest BCUT2D eigenvalue weighted by atomic mass is 32.1. The fourth-order valence-corrected chi connectivity index (χ4v) is 3.79. The quantitative estimate of drug-likeness (QED) is 0.933. The van der Waals surface area contributed by atoms with Crippen molar-refractivity contribution in [2.75, 3.05) is 6.54 Å². The summed E-state index contributed by atoms with van der Waals surface area (Å²) in [5.41, 5.74) is -0.201. The summed E-state index contributed by atoms with van der Waals surface area (Å²) < 4.78 is 5.70. The molecule has 0 spiro atoms. The lowest BCUT2D eigenvalue weighted by molar-refractivity contribution is -0.135. The Kier molecular flexibility index (Phi) is 4.29. The minimum atomic E-state index is -0.882. The van der Waals surface area contributed by atoms with Crippen molar-refractivity contribution in [2.45, 2.75) is 51.7 Å². The number of thiophene rings is 1. The van der Waals surface area contributed by atoms with Crippen LogP contribution in [0.2, 0.25) is 0 Å². The molecule has 0 aromatic carbocycles. The van der Waals surface area contributed by atoms with Crippen molar-refractivity contribution in [3.05, 3.63) is 29.0 Å². The van der Waals surface area contributed by atoms with Crippen molar-refractivity contribution in [2.24, 2.45) is 0 Å². The molecule has 1 fully saturated rings. The van der Waals surface area contributed by atoms with Crippen LogP contribution in [-0.4, -0.2) is 39.1 Å². The second-order valence-electron chi connectivity index (χ2n) is 6.57. The van der Waals surface area contributed by atoms with Gasteiger partial charge in [0, 0.05) is 6.54 Å². The summed E-state index contributed by atoms with van der Waals surface area (Å²) in [6, 6.07) is 3.77. The molecular formula is C17H22N2O3S. The Bertz CT molecular complexity index is 685. The number of carbonyl (C=O) groups is 1. The topological polar surface area (TPSA) is 66.6 Å². The number of likely N-dealkylation sites (tertiary alicyclic amines) is 1. The first-order valence-corrected chi connectivity index (χ1v) is 8.76. The lowest BCUT2D eigenvalue weighted by Crippen LogP contribution is -2.48. The molecule has 1 unspecified atom stereocenters. The predicted octanol–water partition coefficient (Wildman–Crippen LogP) is 3.02. The number of hydrogen-bond acceptors (Lipinski definition) is 5. The van der Waals surface area contributed by atoms with Crippen LogP contribution in [0.5, 0.6) is 0 Å². The molecule has 5 nitrogen and oxygen atoms in total. The van der Waals surface area contributed by atoms with E-state index in [1.54, 1.807) is 30.1 Å². The van der Waals surface area contributed by atoms with Gasteiger partial charge in [0.2, 0.25) is 11.8 Å². The van der Waals surface area contributed by atoms with Gasteiger partial charge < -0.3 is 14.4 Å². The van der Waals surface area contributed by atoms with Gasteiger partial charge in [0.15, 0.2) is 0 Å². The van der Waals surface area contributed by atoms with E-state index in [4.69, 9.17) is 4.42 Å². The van der Waals surface area contributed by atoms with Gasteiger partial charge in [0.1, 0.15) is 5.76 Å². The standard InChI is InChI=1S/C17H22N2O3S/c1-11-12(18-16(22-11)13-6-5-9-23-13)10-15(20)19-8-4-7-14(19)17(2,3)21/h5-6,9,14,21H,4,7-8,10H2,1-3H3. The third kappa shape index (κ3) is 3.33. The largest absolute Gasteiger partial charge is 0.440 e. The van der Waals surface area contributed by atoms with Gasteiger partial charge in [-0.2, -0.15) is 0 Å². The molecule has 2 aromatic heterocycles. The Morgan fingerprint density at radius 3 is 3.00 bits per heavy atom. The number of hydrogen-bond donors (Lipinski definition) is 1. The lowest BCUT2D eigenvalue weighted by atomic mass is 9.96. The fourth-order valence-electron chi connectivity index (χ4n) is 3.14. The van der Waals surface area contributed by atoms with Crippen LogP contribution in [0.3, 0.4) is 0 Å². The maximum Gasteiger partial charge on any atom is 0.236 e. The summed E-state index contributed by atoms with van der Waals surface area (Å²) in [7, 11) is 0. The van der Waals surface area contributed by atoms with Gasteiger partial charge in [-0.05, 0) is 45.1 Å². The third-order valence-corrected chi connectivity index (χ3v) is 5.19. The van der Waals surface area contributed by atoms with Crippen molar-refractivity contribution in [3.63, 3.8) is 0 Å². The zero-order valence-corrected chi connectivity index (χ0v) is 14.5. The van der Waals surface area contributed by atoms with Crippen LogP contribution in [0.1, 0.15) is 38.1 Å². The number of carbonyl (C=O) groups excluding carboxylic acids is 1. The van der Waals surface area contributed by atoms with Crippen LogP contribution in [0, 0.1) is 6.92 Å². The molecule has 124 valence electrons. The van der Waals surface area contributed by atoms with Gasteiger partial charge >= 0.3 is 0 Å². The zero-order valence-electron chi connectivity index (χ0n) is 13.7. The van der Waals surface area contributed by atoms with Gasteiger partial charge in [0.25, 0.3) is 0 Å². The number of aryl methyl sites for hydroxylation is 1. The first kappa shape index (κ1) is 16.2. The zero-order chi connectivity index (χ0) is 16.6. The molecule has 1 amide bonds. The number of aliphatic hydroxyl groups is 1. The lowest BCUT2D eigenvalue weighted by Gasteiger charge is -2.33. The first-order chi connectivity index (χ1) is 10.9. The van der Waals surface area contributed by atoms with Gasteiger partial charge in [-0.1, -0.05) is 6.07 Å². The van der Waals surface area contributed by atoms with E-state index in [0.29, 0.717) is 23.9 Å². The highest BCUT2D eigenvalue weighted by Gasteiger charge is 2.38. The second-order valence-corrected chi connectivity index (χ2v) is 7.52. The van der Waals surface area contributed by atoms with Crippen molar-refractivity contribution in [1.29, 1.82) is 0 Å². The summed E-state index contributed by atoms with van der Waals surface area (Å²) in [4.78, 5) is 19.9. The SMILES string of the molecule is Cc1oc(-c2cccs2)nc1CC(=O)N1CCCC1C(C)(C)O. The van der Waals surface area contributed by atoms with E-state index < -0.39 is 5.60 Å². The van der Waals surface area contributed by atoms with Gasteiger partial charge in [-0.3, -0.25) is 4.79 Å². The van der Waals surface area contributed by atoms with Gasteiger partial charge in [-0.15, -0.1) is 11.3 Å². The minimum Gasteiger partial charge on any atom is -0.440 e. The van der Waals surface area contributed by atoms with E-state index in [0.717, 1.165) is 17.7 Å². The summed E-state index contributed by atoms with van der Waals surface area (Å²) >= 11 is 1.56. The molecule has 3 rings (SSSR count). The molecule has 2 aromatic rings. The summed E-state index contributed by atoms with van der Waals surface area (Å²) in [5.74, 6) is 1.25. The molecule has 0 saturated carbocycles. The van der Waals surface area contributed by atoms with Crippen molar-refractivity contribution >= 4 is 17.2 Å². The number of oxazole rings is 1. The molecule has 0 bridgehead atoms. The van der Waals surface area contributed by atoms with Crippen molar-refractivity contribution in [1.82, 2.24) is 9.88 Å². The number of rotatable bonds is 4. The molecule has 0 radical (unpaired) electrons. The van der Waals surface area contributed by atoms with E-state index >= 15 is 0 Å². The summed E-state index contributed by atoms with van der Waals surface area (Å²) in [6.45, 7) is 6.06. The van der Waals surface area contributed by atoms with Crippen molar-refractivity contribution in [3.8, 4) is 10.8 Å². The molecule has 0 aliphatic carbocycles. The predicted molar refractivity (Wildman–Crippen MR) is 89.3 cm³/mol. The average molecular weight is 334 g/mol. The smallest absolute Gasteiger partial charge is 0.236 e. The second kappa shape index (κ2) is 6.09. The maximum absolute atomic E-state index is 12.7. The van der Waals surface area contributed by atoms with Crippen molar-refractivity contribution < 1.29 is 14.3 Å². The minimum absolute atomic E-state index is 0.00348. The molecule has 1 atom stereocenters. The molecule has 6 heteroatoms. The van der Waals surface area contributed by atoms with Crippen LogP contribution in [0.15, 0.2) is 21.9 Å². The van der Waals surface area contributed by atoms with Crippen LogP contribution < -0.4 is 0 Å². The molecule has 3 heterocycles. The summed E-state index contributed by atoms with van der Waals surface area (Å²) in [5, 5.41) is 12.2. The van der Waals surface area contributed by atoms with Crippen LogP contribution >= 0.6 is 11.3 Å². The van der Waals surface area contributed by atoms with Gasteiger partial charge in [-0.25, -0.2) is 4.98 Å². The molecule has 1 aliphatic heterocycles. The summed E-state index contributed by atoms with van der Waals surface area (Å²) in [6.07, 6.45) is 1.99. The van der Waals surface area contributed by atoms with E-state index in [-0.39, 0.29) is 18.4 Å². The highest BCUT2D eigenvalue weighted by Crippen LogP contribution is 2.29. The Hall–Kier alpha value is -1.66. The van der Waals surface area contributed by atoms with Gasteiger partial charge in [0.05, 0.1) is 28.6 Å². The maximum atomic E-state index is 12.7. The Morgan fingerprint density at radius 2 is 2.35 bits per heavy atom. The Labute approximate surface area is 140 Å². The number of nitrogens with zero attached hydrogens (tertiary/aromatic N) is 2. The normalized spacial score (nSPS) is 18.6. The number of aromatic nitrogens is 1. The fraction of sp³-hybridized carbons (Fsp3) is 0.529. The molecule has 1 N–H and O–H groups in total. The van der Waals surface area contributed by atoms with Crippen LogP contribution in [0.4, 0.5) is 0 Å². The average Bonchev–Trinajstić information content (AvgIpc) is 3.17. The molecule has 1 saturated heterocycles. The monoisotopic (exact) mass is 334 g/mol. The van der Waals surface area contributed by atoms with E-state index in [2.05, 4.69) is 4.98 Å². The molecule has 23 heavy (non-hydrogen) atoms. The number of amides is 1. The van der Waals surface area contributed by atoms with E-state index in [1.165, 1.54) is 0 Å². The van der Waals surface area contributed by atoms with E-state index in [9.17, 15) is 9.90 Å². The molecular weight excluding hydrogens is 312 g/mol. The third-order valence-electron chi connectivity index (χ3n) is 4.33. The molecule has 1 aliphatic rings. The Balaban J connectivity index is 1.76. The highest BCUT2D eigenvalue weighted by molar-refractivity contribution is 7.13. The van der Waals surface area contributed by atoms with E-state index in [1.807, 2.05) is 24.4 Å². The van der Waals surface area contributed by atoms with Crippen LogP contribution in [0.25, 0.3) is 10.8 Å². The first-order valence-electron chi connectivity index (χ1n) is 7.88.